The van der Waals surface area contributed by atoms with E-state index in [1.165, 1.54) is 0 Å². The average molecular weight is 344 g/mol. The minimum absolute atomic E-state index is 0.0935. The van der Waals surface area contributed by atoms with Gasteiger partial charge in [0.25, 0.3) is 0 Å². The predicted molar refractivity (Wildman–Crippen MR) is 82.8 cm³/mol. The lowest BCUT2D eigenvalue weighted by Crippen LogP contribution is -2.53. The molecule has 2 heterocycles. The topological polar surface area (TPSA) is 47.5 Å². The molecule has 1 aromatic heterocycles. The number of hydrogen-bond donors (Lipinski definition) is 0. The van der Waals surface area contributed by atoms with Crippen molar-refractivity contribution >= 4 is 21.7 Å². The van der Waals surface area contributed by atoms with Crippen LogP contribution in [0.1, 0.15) is 27.7 Å². The Morgan fingerprint density at radius 2 is 2.25 bits per heavy atom. The maximum atomic E-state index is 6.00. The summed E-state index contributed by atoms with van der Waals surface area (Å²) in [6.07, 6.45) is 3.67. The van der Waals surface area contributed by atoms with Gasteiger partial charge in [0, 0.05) is 18.4 Å². The molecule has 1 fully saturated rings. The zero-order chi connectivity index (χ0) is 14.8. The third kappa shape index (κ3) is 4.06. The average Bonchev–Trinajstić information content (AvgIpc) is 2.36. The van der Waals surface area contributed by atoms with E-state index < -0.39 is 0 Å². The molecule has 0 saturated carbocycles. The van der Waals surface area contributed by atoms with Gasteiger partial charge in [-0.3, -0.25) is 4.98 Å². The smallest absolute Gasteiger partial charge is 0.234 e. The highest BCUT2D eigenvalue weighted by Crippen LogP contribution is 2.26. The Morgan fingerprint density at radius 3 is 2.90 bits per heavy atom. The molecule has 0 amide bonds. The maximum Gasteiger partial charge on any atom is 0.234 e. The van der Waals surface area contributed by atoms with Crippen LogP contribution in [0.2, 0.25) is 0 Å². The quantitative estimate of drug-likeness (QED) is 0.786. The molecule has 1 saturated heterocycles. The molecule has 0 aromatic carbocycles. The van der Waals surface area contributed by atoms with Crippen LogP contribution in [-0.4, -0.2) is 46.2 Å². The minimum Gasteiger partial charge on any atom is -0.474 e. The molecule has 20 heavy (non-hydrogen) atoms. The zero-order valence-electron chi connectivity index (χ0n) is 12.5. The Hall–Kier alpha value is -0.880. The Balaban J connectivity index is 2.17. The van der Waals surface area contributed by atoms with Gasteiger partial charge in [0.05, 0.1) is 30.2 Å². The van der Waals surface area contributed by atoms with Gasteiger partial charge in [-0.25, -0.2) is 0 Å². The van der Waals surface area contributed by atoms with E-state index in [-0.39, 0.29) is 17.8 Å². The highest BCUT2D eigenvalue weighted by molar-refractivity contribution is 9.09. The van der Waals surface area contributed by atoms with Crippen LogP contribution in [0.3, 0.4) is 0 Å². The fourth-order valence-electron chi connectivity index (χ4n) is 2.34. The molecule has 1 atom stereocenters. The summed E-state index contributed by atoms with van der Waals surface area (Å²) < 4.78 is 11.6. The molecule has 0 spiro atoms. The first-order chi connectivity index (χ1) is 9.39. The van der Waals surface area contributed by atoms with E-state index in [0.717, 1.165) is 24.2 Å². The third-order valence-electron chi connectivity index (χ3n) is 2.93. The summed E-state index contributed by atoms with van der Waals surface area (Å²) in [7, 11) is 0. The van der Waals surface area contributed by atoms with Crippen LogP contribution in [0.25, 0.3) is 0 Å². The number of ether oxygens (including phenoxy) is 2. The number of morpholine rings is 1. The lowest BCUT2D eigenvalue weighted by molar-refractivity contribution is -0.0726. The van der Waals surface area contributed by atoms with Gasteiger partial charge in [-0.1, -0.05) is 15.9 Å². The molecule has 1 aliphatic rings. The van der Waals surface area contributed by atoms with Crippen molar-refractivity contribution in [1.29, 1.82) is 0 Å². The van der Waals surface area contributed by atoms with Gasteiger partial charge < -0.3 is 14.4 Å². The van der Waals surface area contributed by atoms with Crippen molar-refractivity contribution in [2.45, 2.75) is 45.5 Å². The van der Waals surface area contributed by atoms with Crippen molar-refractivity contribution in [2.75, 3.05) is 23.3 Å². The summed E-state index contributed by atoms with van der Waals surface area (Å²) >= 11 is 3.50. The highest BCUT2D eigenvalue weighted by Gasteiger charge is 2.33. The lowest BCUT2D eigenvalue weighted by atomic mass is 10.1. The number of hydrogen-bond acceptors (Lipinski definition) is 5. The van der Waals surface area contributed by atoms with Gasteiger partial charge in [-0.2, -0.15) is 4.98 Å². The summed E-state index contributed by atoms with van der Waals surface area (Å²) in [6, 6.07) is 0. The number of halogens is 1. The molecule has 1 aromatic rings. The summed E-state index contributed by atoms with van der Waals surface area (Å²) in [4.78, 5) is 11.0. The second-order valence-corrected chi connectivity index (χ2v) is 6.56. The van der Waals surface area contributed by atoms with Crippen molar-refractivity contribution in [3.05, 3.63) is 12.4 Å². The summed E-state index contributed by atoms with van der Waals surface area (Å²) in [5.41, 5.74) is -0.201. The SMILES string of the molecule is CC(C)Oc1cncc(N2CC(CBr)OC(C)(C)C2)n1. The molecule has 0 aliphatic carbocycles. The third-order valence-corrected chi connectivity index (χ3v) is 3.66. The molecule has 5 nitrogen and oxygen atoms in total. The van der Waals surface area contributed by atoms with Crippen molar-refractivity contribution in [3.63, 3.8) is 0 Å². The number of nitrogens with zero attached hydrogens (tertiary/aromatic N) is 3. The molecule has 6 heteroatoms. The van der Waals surface area contributed by atoms with Crippen LogP contribution in [-0.2, 0) is 4.74 Å². The molecule has 0 bridgehead atoms. The summed E-state index contributed by atoms with van der Waals surface area (Å²) in [6.45, 7) is 9.73. The van der Waals surface area contributed by atoms with Crippen LogP contribution in [0.5, 0.6) is 5.88 Å². The zero-order valence-corrected chi connectivity index (χ0v) is 14.1. The van der Waals surface area contributed by atoms with Crippen molar-refractivity contribution < 1.29 is 9.47 Å². The highest BCUT2D eigenvalue weighted by atomic mass is 79.9. The monoisotopic (exact) mass is 343 g/mol. The van der Waals surface area contributed by atoms with Crippen molar-refractivity contribution in [1.82, 2.24) is 9.97 Å². The van der Waals surface area contributed by atoms with E-state index in [0.29, 0.717) is 5.88 Å². The van der Waals surface area contributed by atoms with E-state index in [1.807, 2.05) is 13.8 Å². The first-order valence-corrected chi connectivity index (χ1v) is 7.99. The largest absolute Gasteiger partial charge is 0.474 e. The first kappa shape index (κ1) is 15.5. The van der Waals surface area contributed by atoms with Crippen LogP contribution < -0.4 is 9.64 Å². The molecule has 1 unspecified atom stereocenters. The van der Waals surface area contributed by atoms with E-state index in [9.17, 15) is 0 Å². The van der Waals surface area contributed by atoms with Crippen LogP contribution in [0, 0.1) is 0 Å². The van der Waals surface area contributed by atoms with Gasteiger partial charge in [0.2, 0.25) is 5.88 Å². The fraction of sp³-hybridized carbons (Fsp3) is 0.714. The van der Waals surface area contributed by atoms with Gasteiger partial charge in [0.15, 0.2) is 5.82 Å². The second-order valence-electron chi connectivity index (χ2n) is 5.92. The van der Waals surface area contributed by atoms with Crippen molar-refractivity contribution in [2.24, 2.45) is 0 Å². The Morgan fingerprint density at radius 1 is 1.50 bits per heavy atom. The van der Waals surface area contributed by atoms with Crippen LogP contribution in [0.4, 0.5) is 5.82 Å². The summed E-state index contributed by atoms with van der Waals surface area (Å²) in [5.74, 6) is 1.41. The van der Waals surface area contributed by atoms with Gasteiger partial charge in [-0.05, 0) is 27.7 Å². The van der Waals surface area contributed by atoms with Crippen LogP contribution in [0.15, 0.2) is 12.4 Å². The summed E-state index contributed by atoms with van der Waals surface area (Å²) in [5, 5.41) is 0.808. The maximum absolute atomic E-state index is 6.00. The minimum atomic E-state index is -0.201. The van der Waals surface area contributed by atoms with Crippen LogP contribution >= 0.6 is 15.9 Å². The standard InChI is InChI=1S/C14H22BrN3O2/c1-10(2)19-13-7-16-6-12(17-13)18-8-11(5-15)20-14(3,4)9-18/h6-7,10-11H,5,8-9H2,1-4H3. The van der Waals surface area contributed by atoms with Gasteiger partial charge in [0.1, 0.15) is 0 Å². The molecular weight excluding hydrogens is 322 g/mol. The molecule has 0 N–H and O–H groups in total. The predicted octanol–water partition coefficient (Wildman–Crippen LogP) is 2.64. The van der Waals surface area contributed by atoms with Crippen molar-refractivity contribution in [3.8, 4) is 5.88 Å². The van der Waals surface area contributed by atoms with E-state index in [2.05, 4.69) is 44.6 Å². The Bertz CT molecular complexity index is 454. The fourth-order valence-corrected chi connectivity index (χ4v) is 2.68. The van der Waals surface area contributed by atoms with E-state index >= 15 is 0 Å². The normalized spacial score (nSPS) is 22.1. The molecule has 0 radical (unpaired) electrons. The first-order valence-electron chi connectivity index (χ1n) is 6.87. The van der Waals surface area contributed by atoms with Gasteiger partial charge >= 0.3 is 0 Å². The number of alkyl halides is 1. The Kier molecular flexibility index (Phi) is 4.86. The van der Waals surface area contributed by atoms with Gasteiger partial charge in [-0.15, -0.1) is 0 Å². The van der Waals surface area contributed by atoms with E-state index in [1.54, 1.807) is 12.4 Å². The molecule has 1 aliphatic heterocycles. The van der Waals surface area contributed by atoms with E-state index in [4.69, 9.17) is 9.47 Å². The Labute approximate surface area is 128 Å². The molecular formula is C14H22BrN3O2. The number of aromatic nitrogens is 2. The number of rotatable bonds is 4. The number of anilines is 1. The lowest BCUT2D eigenvalue weighted by Gasteiger charge is -2.42. The molecule has 112 valence electrons. The second kappa shape index (κ2) is 6.26. The molecule has 2 rings (SSSR count).